The summed E-state index contributed by atoms with van der Waals surface area (Å²) in [5.74, 6) is 1.66. The van der Waals surface area contributed by atoms with E-state index in [1.165, 1.54) is 5.56 Å². The molecule has 0 radical (unpaired) electrons. The van der Waals surface area contributed by atoms with Gasteiger partial charge in [-0.1, -0.05) is 6.92 Å². The van der Waals surface area contributed by atoms with Crippen molar-refractivity contribution in [1.82, 2.24) is 9.97 Å². The molecule has 0 saturated carbocycles. The third-order valence-electron chi connectivity index (χ3n) is 3.06. The van der Waals surface area contributed by atoms with Gasteiger partial charge in [-0.05, 0) is 43.2 Å². The van der Waals surface area contributed by atoms with E-state index >= 15 is 0 Å². The third-order valence-corrected chi connectivity index (χ3v) is 3.06. The van der Waals surface area contributed by atoms with Gasteiger partial charge in [-0.25, -0.2) is 9.97 Å². The number of benzene rings is 1. The smallest absolute Gasteiger partial charge is 0.126 e. The van der Waals surface area contributed by atoms with Crippen molar-refractivity contribution >= 4 is 0 Å². The molecule has 4 heteroatoms. The van der Waals surface area contributed by atoms with E-state index in [0.717, 1.165) is 34.9 Å². The summed E-state index contributed by atoms with van der Waals surface area (Å²) in [5.41, 5.74) is 9.66. The predicted molar refractivity (Wildman–Crippen MR) is 76.0 cm³/mol. The molecule has 0 fully saturated rings. The molecule has 0 aliphatic rings. The molecule has 2 aromatic rings. The van der Waals surface area contributed by atoms with Crippen LogP contribution in [0.15, 0.2) is 24.3 Å². The molecule has 1 aromatic heterocycles. The highest BCUT2D eigenvalue weighted by molar-refractivity contribution is 5.62. The summed E-state index contributed by atoms with van der Waals surface area (Å²) in [6.07, 6.45) is 0.921. The molecule has 0 unspecified atom stereocenters. The Bertz CT molecular complexity index is 582. The molecule has 0 saturated heterocycles. The van der Waals surface area contributed by atoms with Crippen LogP contribution in [0, 0.1) is 6.92 Å². The second-order valence-corrected chi connectivity index (χ2v) is 4.38. The van der Waals surface area contributed by atoms with Crippen LogP contribution in [0.1, 0.15) is 24.0 Å². The van der Waals surface area contributed by atoms with Crippen LogP contribution < -0.4 is 10.5 Å². The third kappa shape index (κ3) is 2.90. The molecule has 0 bridgehead atoms. The lowest BCUT2D eigenvalue weighted by molar-refractivity contribution is 0.410. The summed E-state index contributed by atoms with van der Waals surface area (Å²) in [6, 6.07) is 8.04. The van der Waals surface area contributed by atoms with E-state index in [1.807, 2.05) is 25.1 Å². The molecule has 0 aliphatic heterocycles. The van der Waals surface area contributed by atoms with Crippen LogP contribution >= 0.6 is 0 Å². The van der Waals surface area contributed by atoms with Crippen molar-refractivity contribution in [3.63, 3.8) is 0 Å². The van der Waals surface area contributed by atoms with Crippen molar-refractivity contribution in [2.45, 2.75) is 26.8 Å². The first-order valence-electron chi connectivity index (χ1n) is 6.39. The standard InChI is InChI=1S/C15H19N3O/c1-4-11-7-12(5-6-15(11)19-3)14-8-13(9-16)17-10(2)18-14/h5-8H,4,9,16H2,1-3H3. The molecular weight excluding hydrogens is 238 g/mol. The van der Waals surface area contributed by atoms with E-state index in [2.05, 4.69) is 23.0 Å². The second-order valence-electron chi connectivity index (χ2n) is 4.38. The molecular formula is C15H19N3O. The number of methoxy groups -OCH3 is 1. The van der Waals surface area contributed by atoms with Crippen LogP contribution in [0.25, 0.3) is 11.3 Å². The minimum absolute atomic E-state index is 0.424. The SMILES string of the molecule is CCc1cc(-c2cc(CN)nc(C)n2)ccc1OC. The molecule has 1 aromatic carbocycles. The van der Waals surface area contributed by atoms with E-state index in [9.17, 15) is 0 Å². The van der Waals surface area contributed by atoms with Gasteiger partial charge >= 0.3 is 0 Å². The zero-order valence-corrected chi connectivity index (χ0v) is 11.6. The van der Waals surface area contributed by atoms with Gasteiger partial charge < -0.3 is 10.5 Å². The molecule has 0 spiro atoms. The number of ether oxygens (including phenoxy) is 1. The van der Waals surface area contributed by atoms with E-state index in [-0.39, 0.29) is 0 Å². The van der Waals surface area contributed by atoms with Crippen LogP contribution in [0.4, 0.5) is 0 Å². The van der Waals surface area contributed by atoms with E-state index < -0.39 is 0 Å². The van der Waals surface area contributed by atoms with Crippen LogP contribution in [-0.4, -0.2) is 17.1 Å². The number of rotatable bonds is 4. The maximum Gasteiger partial charge on any atom is 0.126 e. The molecule has 0 aliphatic carbocycles. The van der Waals surface area contributed by atoms with Gasteiger partial charge in [0.15, 0.2) is 0 Å². The first kappa shape index (κ1) is 13.5. The number of nitrogens with two attached hydrogens (primary N) is 1. The Morgan fingerprint density at radius 3 is 2.63 bits per heavy atom. The quantitative estimate of drug-likeness (QED) is 0.914. The Kier molecular flexibility index (Phi) is 4.12. The molecule has 100 valence electrons. The zero-order valence-electron chi connectivity index (χ0n) is 11.6. The summed E-state index contributed by atoms with van der Waals surface area (Å²) >= 11 is 0. The number of hydrogen-bond donors (Lipinski definition) is 1. The normalized spacial score (nSPS) is 10.5. The first-order chi connectivity index (χ1) is 9.17. The lowest BCUT2D eigenvalue weighted by Gasteiger charge is -2.10. The fourth-order valence-electron chi connectivity index (χ4n) is 2.10. The van der Waals surface area contributed by atoms with Gasteiger partial charge in [0.1, 0.15) is 11.6 Å². The van der Waals surface area contributed by atoms with Gasteiger partial charge in [-0.3, -0.25) is 0 Å². The number of aromatic nitrogens is 2. The Morgan fingerprint density at radius 1 is 1.21 bits per heavy atom. The fourth-order valence-corrected chi connectivity index (χ4v) is 2.10. The molecule has 0 atom stereocenters. The minimum Gasteiger partial charge on any atom is -0.496 e. The number of nitrogens with zero attached hydrogens (tertiary/aromatic N) is 2. The molecule has 1 heterocycles. The van der Waals surface area contributed by atoms with E-state index in [0.29, 0.717) is 6.54 Å². The molecule has 0 amide bonds. The van der Waals surface area contributed by atoms with Crippen LogP contribution in [0.3, 0.4) is 0 Å². The van der Waals surface area contributed by atoms with Crippen molar-refractivity contribution < 1.29 is 4.74 Å². The van der Waals surface area contributed by atoms with Gasteiger partial charge in [-0.15, -0.1) is 0 Å². The van der Waals surface area contributed by atoms with Gasteiger partial charge in [0.05, 0.1) is 18.5 Å². The van der Waals surface area contributed by atoms with Gasteiger partial charge in [0.2, 0.25) is 0 Å². The Balaban J connectivity index is 2.49. The Hall–Kier alpha value is -1.94. The van der Waals surface area contributed by atoms with Crippen molar-refractivity contribution in [1.29, 1.82) is 0 Å². The van der Waals surface area contributed by atoms with Crippen LogP contribution in [0.2, 0.25) is 0 Å². The molecule has 19 heavy (non-hydrogen) atoms. The molecule has 4 nitrogen and oxygen atoms in total. The van der Waals surface area contributed by atoms with Crippen LogP contribution in [-0.2, 0) is 13.0 Å². The fraction of sp³-hybridized carbons (Fsp3) is 0.333. The molecule has 2 rings (SSSR count). The van der Waals surface area contributed by atoms with E-state index in [4.69, 9.17) is 10.5 Å². The monoisotopic (exact) mass is 257 g/mol. The number of aryl methyl sites for hydroxylation is 2. The maximum atomic E-state index is 5.66. The van der Waals surface area contributed by atoms with Crippen molar-refractivity contribution in [2.24, 2.45) is 5.73 Å². The highest BCUT2D eigenvalue weighted by atomic mass is 16.5. The lowest BCUT2D eigenvalue weighted by Crippen LogP contribution is -2.03. The van der Waals surface area contributed by atoms with Gasteiger partial charge in [0.25, 0.3) is 0 Å². The highest BCUT2D eigenvalue weighted by Gasteiger charge is 2.07. The second kappa shape index (κ2) is 5.80. The number of hydrogen-bond acceptors (Lipinski definition) is 4. The average Bonchev–Trinajstić information content (AvgIpc) is 2.45. The summed E-state index contributed by atoms with van der Waals surface area (Å²) in [7, 11) is 1.69. The van der Waals surface area contributed by atoms with Crippen molar-refractivity contribution in [3.8, 4) is 17.0 Å². The lowest BCUT2D eigenvalue weighted by atomic mass is 10.0. The predicted octanol–water partition coefficient (Wildman–Crippen LogP) is 2.48. The summed E-state index contributed by atoms with van der Waals surface area (Å²) in [5, 5.41) is 0. The Labute approximate surface area is 113 Å². The van der Waals surface area contributed by atoms with Crippen molar-refractivity contribution in [3.05, 3.63) is 41.3 Å². The topological polar surface area (TPSA) is 61.0 Å². The Morgan fingerprint density at radius 2 is 2.00 bits per heavy atom. The van der Waals surface area contributed by atoms with E-state index in [1.54, 1.807) is 7.11 Å². The van der Waals surface area contributed by atoms with Crippen molar-refractivity contribution in [2.75, 3.05) is 7.11 Å². The van der Waals surface area contributed by atoms with Gasteiger partial charge in [0, 0.05) is 12.1 Å². The molecule has 2 N–H and O–H groups in total. The maximum absolute atomic E-state index is 5.66. The minimum atomic E-state index is 0.424. The zero-order chi connectivity index (χ0) is 13.8. The highest BCUT2D eigenvalue weighted by Crippen LogP contribution is 2.26. The van der Waals surface area contributed by atoms with Crippen LogP contribution in [0.5, 0.6) is 5.75 Å². The summed E-state index contributed by atoms with van der Waals surface area (Å²) in [6.45, 7) is 4.41. The summed E-state index contributed by atoms with van der Waals surface area (Å²) < 4.78 is 5.34. The average molecular weight is 257 g/mol. The van der Waals surface area contributed by atoms with Gasteiger partial charge in [-0.2, -0.15) is 0 Å². The summed E-state index contributed by atoms with van der Waals surface area (Å²) in [4.78, 5) is 8.77. The largest absolute Gasteiger partial charge is 0.496 e. The first-order valence-corrected chi connectivity index (χ1v) is 6.39.